The molecule has 1 nitrogen and oxygen atoms in total. The van der Waals surface area contributed by atoms with Crippen molar-refractivity contribution in [2.24, 2.45) is 0 Å². The van der Waals surface area contributed by atoms with Crippen LogP contribution in [0.3, 0.4) is 0 Å². The summed E-state index contributed by atoms with van der Waals surface area (Å²) in [6, 6.07) is 4.72. The van der Waals surface area contributed by atoms with Crippen LogP contribution in [0.2, 0.25) is 0 Å². The van der Waals surface area contributed by atoms with Crippen molar-refractivity contribution in [3.63, 3.8) is 0 Å². The zero-order valence-electron chi connectivity index (χ0n) is 29.9. The smallest absolute Gasteiger partial charge is 0.169 e. The predicted molar refractivity (Wildman–Crippen MR) is 194 cm³/mol. The van der Waals surface area contributed by atoms with Crippen LogP contribution in [0, 0.1) is 0 Å². The largest absolute Gasteiger partial charge is 1.00 e. The molecule has 1 heterocycles. The molecule has 0 aliphatic rings. The monoisotopic (exact) mass is 630 g/mol. The highest BCUT2D eigenvalue weighted by Crippen LogP contribution is 2.13. The van der Waals surface area contributed by atoms with Crippen molar-refractivity contribution in [3.05, 3.63) is 54.4 Å². The Morgan fingerprint density at radius 2 is 0.727 bits per heavy atom. The fraction of sp³-hybridized carbons (Fsp3) is 0.786. The van der Waals surface area contributed by atoms with Gasteiger partial charge in [0.25, 0.3) is 0 Å². The fourth-order valence-electron chi connectivity index (χ4n) is 6.10. The minimum absolute atomic E-state index is 0. The van der Waals surface area contributed by atoms with E-state index in [0.29, 0.717) is 0 Å². The maximum atomic E-state index is 2.44. The van der Waals surface area contributed by atoms with E-state index < -0.39 is 0 Å². The number of rotatable bonds is 33. The highest BCUT2D eigenvalue weighted by atomic mass is 35.5. The van der Waals surface area contributed by atoms with Gasteiger partial charge in [-0.1, -0.05) is 154 Å². The van der Waals surface area contributed by atoms with Gasteiger partial charge in [0, 0.05) is 18.6 Å². The lowest BCUT2D eigenvalue weighted by atomic mass is 10.0. The Hall–Kier alpha value is -1.08. The average Bonchev–Trinajstić information content (AvgIpc) is 3.03. The summed E-state index contributed by atoms with van der Waals surface area (Å²) in [5, 5.41) is 0. The van der Waals surface area contributed by atoms with Gasteiger partial charge in [-0.25, -0.2) is 4.57 Å². The summed E-state index contributed by atoms with van der Waals surface area (Å²) in [5.41, 5.74) is 1.52. The Bertz CT molecular complexity index is 722. The molecule has 0 saturated carbocycles. The first-order chi connectivity index (χ1) is 21.4. The molecule has 0 saturated heterocycles. The zero-order valence-corrected chi connectivity index (χ0v) is 30.6. The van der Waals surface area contributed by atoms with E-state index >= 15 is 0 Å². The third-order valence-electron chi connectivity index (χ3n) is 9.12. The van der Waals surface area contributed by atoms with E-state index in [2.05, 4.69) is 67.2 Å². The van der Waals surface area contributed by atoms with Crippen molar-refractivity contribution < 1.29 is 17.0 Å². The molecule has 1 aromatic heterocycles. The van der Waals surface area contributed by atoms with E-state index in [0.717, 1.165) is 0 Å². The van der Waals surface area contributed by atoms with Gasteiger partial charge in [0.05, 0.1) is 0 Å². The molecule has 1 rings (SSSR count). The van der Waals surface area contributed by atoms with Crippen molar-refractivity contribution in [1.29, 1.82) is 0 Å². The molecule has 0 aliphatic heterocycles. The second kappa shape index (κ2) is 36.4. The lowest BCUT2D eigenvalue weighted by Gasteiger charge is -2.03. The standard InChI is InChI=1S/C42H76N.ClH/c1-3-5-7-9-11-13-15-17-19-21-22-24-26-28-30-32-34-36-42-37-40-43(41-38-42)39-35-33-31-29-27-25-23-20-18-16-14-12-10-8-6-4-2;/h17-20,37-38,40-41H,3-16,21-36,39H2,1-2H3;1H/q+1;/p-1/b19-17-,20-18-;. The van der Waals surface area contributed by atoms with Crippen molar-refractivity contribution in [2.75, 3.05) is 0 Å². The number of halogens is 1. The van der Waals surface area contributed by atoms with Gasteiger partial charge < -0.3 is 12.4 Å². The van der Waals surface area contributed by atoms with E-state index in [9.17, 15) is 0 Å². The Kier molecular flexibility index (Phi) is 35.5. The number of aromatic nitrogens is 1. The van der Waals surface area contributed by atoms with E-state index in [4.69, 9.17) is 0 Å². The van der Waals surface area contributed by atoms with Crippen molar-refractivity contribution in [2.45, 2.75) is 213 Å². The summed E-state index contributed by atoms with van der Waals surface area (Å²) in [6.07, 6.45) is 55.8. The van der Waals surface area contributed by atoms with Gasteiger partial charge in [-0.3, -0.25) is 0 Å². The van der Waals surface area contributed by atoms with Gasteiger partial charge in [0.2, 0.25) is 0 Å². The predicted octanol–water partition coefficient (Wildman–Crippen LogP) is 11.0. The molecule has 0 bridgehead atoms. The SMILES string of the molecule is CCCCCCCC/C=C\CCCCCCCCCc1cc[n+](CCCCCCCC/C=C\CCCCCCCC)cc1.[Cl-]. The molecule has 2 heteroatoms. The Morgan fingerprint density at radius 3 is 1.11 bits per heavy atom. The molecule has 0 aromatic carbocycles. The first kappa shape index (κ1) is 42.9. The van der Waals surface area contributed by atoms with Gasteiger partial charge >= 0.3 is 0 Å². The maximum absolute atomic E-state index is 2.44. The number of allylic oxidation sites excluding steroid dienone is 4. The summed E-state index contributed by atoms with van der Waals surface area (Å²) in [5.74, 6) is 0. The molecule has 256 valence electrons. The number of pyridine rings is 1. The van der Waals surface area contributed by atoms with Gasteiger partial charge in [-0.15, -0.1) is 0 Å². The first-order valence-electron chi connectivity index (χ1n) is 19.6. The number of unbranched alkanes of at least 4 members (excludes halogenated alkanes) is 25. The molecule has 0 aliphatic carbocycles. The van der Waals surface area contributed by atoms with Crippen molar-refractivity contribution in [1.82, 2.24) is 0 Å². The molecule has 0 amide bonds. The van der Waals surface area contributed by atoms with Crippen LogP contribution >= 0.6 is 0 Å². The fourth-order valence-corrected chi connectivity index (χ4v) is 6.10. The molecule has 0 atom stereocenters. The molecule has 1 aromatic rings. The lowest BCUT2D eigenvalue weighted by Crippen LogP contribution is -3.00. The van der Waals surface area contributed by atoms with Crippen LogP contribution in [0.5, 0.6) is 0 Å². The van der Waals surface area contributed by atoms with Crippen LogP contribution in [0.4, 0.5) is 0 Å². The molecular weight excluding hydrogens is 554 g/mol. The number of nitrogens with zero attached hydrogens (tertiary/aromatic N) is 1. The average molecular weight is 631 g/mol. The number of aryl methyl sites for hydroxylation is 2. The van der Waals surface area contributed by atoms with Gasteiger partial charge in [0.1, 0.15) is 6.54 Å². The summed E-state index contributed by atoms with van der Waals surface area (Å²) < 4.78 is 2.39. The van der Waals surface area contributed by atoms with E-state index in [1.54, 1.807) is 0 Å². The van der Waals surface area contributed by atoms with Crippen molar-refractivity contribution >= 4 is 0 Å². The van der Waals surface area contributed by atoms with Crippen LogP contribution < -0.4 is 17.0 Å². The van der Waals surface area contributed by atoms with E-state index in [1.807, 2.05) is 0 Å². The second-order valence-electron chi connectivity index (χ2n) is 13.4. The van der Waals surface area contributed by atoms with Crippen LogP contribution in [-0.4, -0.2) is 0 Å². The number of hydrogen-bond donors (Lipinski definition) is 0. The molecule has 0 N–H and O–H groups in total. The lowest BCUT2D eigenvalue weighted by molar-refractivity contribution is -0.697. The first-order valence-corrected chi connectivity index (χ1v) is 19.6. The molecule has 0 spiro atoms. The third kappa shape index (κ3) is 30.9. The molecule has 44 heavy (non-hydrogen) atoms. The van der Waals surface area contributed by atoms with Gasteiger partial charge in [-0.05, 0) is 76.2 Å². The quantitative estimate of drug-likeness (QED) is 0.0413. The maximum Gasteiger partial charge on any atom is 0.169 e. The summed E-state index contributed by atoms with van der Waals surface area (Å²) >= 11 is 0. The topological polar surface area (TPSA) is 3.88 Å². The van der Waals surface area contributed by atoms with Crippen LogP contribution in [-0.2, 0) is 13.0 Å². The molecule has 0 radical (unpaired) electrons. The summed E-state index contributed by atoms with van der Waals surface area (Å²) in [7, 11) is 0. The minimum atomic E-state index is 0. The Morgan fingerprint density at radius 1 is 0.409 bits per heavy atom. The van der Waals surface area contributed by atoms with Gasteiger partial charge in [-0.2, -0.15) is 0 Å². The van der Waals surface area contributed by atoms with Crippen molar-refractivity contribution in [3.8, 4) is 0 Å². The molecule has 0 fully saturated rings. The van der Waals surface area contributed by atoms with E-state index in [1.165, 1.54) is 205 Å². The minimum Gasteiger partial charge on any atom is -1.00 e. The molecule has 0 unspecified atom stereocenters. The highest BCUT2D eigenvalue weighted by molar-refractivity contribution is 5.07. The summed E-state index contributed by atoms with van der Waals surface area (Å²) in [6.45, 7) is 5.77. The number of hydrogen-bond acceptors (Lipinski definition) is 0. The van der Waals surface area contributed by atoms with Crippen LogP contribution in [0.15, 0.2) is 48.8 Å². The third-order valence-corrected chi connectivity index (χ3v) is 9.12. The molecular formula is C42H76ClN. The van der Waals surface area contributed by atoms with Crippen LogP contribution in [0.1, 0.15) is 206 Å². The normalized spacial score (nSPS) is 11.6. The Balaban J connectivity index is 0.0000185. The Labute approximate surface area is 283 Å². The van der Waals surface area contributed by atoms with E-state index in [-0.39, 0.29) is 12.4 Å². The zero-order chi connectivity index (χ0) is 30.7. The summed E-state index contributed by atoms with van der Waals surface area (Å²) in [4.78, 5) is 0. The highest BCUT2D eigenvalue weighted by Gasteiger charge is 2.02. The van der Waals surface area contributed by atoms with Gasteiger partial charge in [0.15, 0.2) is 12.4 Å². The van der Waals surface area contributed by atoms with Crippen LogP contribution in [0.25, 0.3) is 0 Å². The second-order valence-corrected chi connectivity index (χ2v) is 13.4.